The van der Waals surface area contributed by atoms with E-state index in [2.05, 4.69) is 42.6 Å². The van der Waals surface area contributed by atoms with Gasteiger partial charge in [-0.1, -0.05) is 45.0 Å². The Bertz CT molecular complexity index is 825. The van der Waals surface area contributed by atoms with E-state index in [1.54, 1.807) is 11.1 Å². The highest BCUT2D eigenvalue weighted by molar-refractivity contribution is 5.97. The average molecular weight is 442 g/mol. The molecule has 1 aliphatic carbocycles. The molecule has 1 saturated carbocycles. The Morgan fingerprint density at radius 2 is 2.09 bits per heavy atom. The molecule has 1 aromatic heterocycles. The number of carbonyl (C=O) groups is 1. The van der Waals surface area contributed by atoms with E-state index in [1.165, 1.54) is 19.3 Å². The Labute approximate surface area is 193 Å². The standard InChI is InChI=1S/C26H39N3O3/c1-5-13-28(4)17-24-19(2)16-29(20(3)18-30)26(31)23-14-22(15-27-25(23)32-24)12-11-21-9-7-6-8-10-21/h14-15,19-21,24,30H,5-10,13,16-18H2,1-4H3/t19-,20+,24+/m1/s1. The molecule has 0 unspecified atom stereocenters. The van der Waals surface area contributed by atoms with Crippen molar-refractivity contribution in [3.63, 3.8) is 0 Å². The molecule has 32 heavy (non-hydrogen) atoms. The van der Waals surface area contributed by atoms with Crippen LogP contribution in [0.2, 0.25) is 0 Å². The van der Waals surface area contributed by atoms with Crippen LogP contribution in [0.15, 0.2) is 12.3 Å². The van der Waals surface area contributed by atoms with Crippen LogP contribution in [0, 0.1) is 23.7 Å². The maximum Gasteiger partial charge on any atom is 0.259 e. The Hall–Kier alpha value is -2.10. The van der Waals surface area contributed by atoms with Crippen molar-refractivity contribution in [2.45, 2.75) is 71.4 Å². The van der Waals surface area contributed by atoms with Gasteiger partial charge >= 0.3 is 0 Å². The maximum atomic E-state index is 13.5. The van der Waals surface area contributed by atoms with Gasteiger partial charge in [-0.3, -0.25) is 4.79 Å². The molecule has 3 rings (SSSR count). The molecule has 0 aromatic carbocycles. The molecule has 2 heterocycles. The molecule has 0 saturated heterocycles. The third-order valence-corrected chi connectivity index (χ3v) is 6.64. The summed E-state index contributed by atoms with van der Waals surface area (Å²) in [5, 5.41) is 9.79. The van der Waals surface area contributed by atoms with Crippen LogP contribution < -0.4 is 4.74 Å². The number of aliphatic hydroxyl groups is 1. The smallest absolute Gasteiger partial charge is 0.259 e. The van der Waals surface area contributed by atoms with Crippen molar-refractivity contribution in [1.29, 1.82) is 0 Å². The van der Waals surface area contributed by atoms with E-state index in [0.29, 0.717) is 23.9 Å². The first-order chi connectivity index (χ1) is 15.4. The van der Waals surface area contributed by atoms with Gasteiger partial charge in [0.05, 0.1) is 12.6 Å². The Morgan fingerprint density at radius 1 is 1.34 bits per heavy atom. The molecular weight excluding hydrogens is 402 g/mol. The van der Waals surface area contributed by atoms with Gasteiger partial charge < -0.3 is 19.6 Å². The van der Waals surface area contributed by atoms with E-state index in [-0.39, 0.29) is 30.6 Å². The number of rotatable bonds is 6. The number of aliphatic hydroxyl groups excluding tert-OH is 1. The lowest BCUT2D eigenvalue weighted by Crippen LogP contribution is -2.50. The first-order valence-corrected chi connectivity index (χ1v) is 12.2. The van der Waals surface area contributed by atoms with E-state index in [4.69, 9.17) is 4.74 Å². The third kappa shape index (κ3) is 6.24. The average Bonchev–Trinajstić information content (AvgIpc) is 2.80. The molecule has 1 amide bonds. The number of carbonyl (C=O) groups excluding carboxylic acids is 1. The van der Waals surface area contributed by atoms with E-state index in [1.807, 2.05) is 13.0 Å². The molecule has 6 nitrogen and oxygen atoms in total. The van der Waals surface area contributed by atoms with Crippen LogP contribution in [-0.4, -0.2) is 71.2 Å². The van der Waals surface area contributed by atoms with Crippen LogP contribution in [0.1, 0.15) is 75.2 Å². The number of nitrogens with zero attached hydrogens (tertiary/aromatic N) is 3. The van der Waals surface area contributed by atoms with Gasteiger partial charge in [0.1, 0.15) is 11.7 Å². The predicted molar refractivity (Wildman–Crippen MR) is 127 cm³/mol. The van der Waals surface area contributed by atoms with Gasteiger partial charge in [-0.2, -0.15) is 0 Å². The minimum atomic E-state index is -0.276. The Balaban J connectivity index is 1.92. The first kappa shape index (κ1) is 24.5. The van der Waals surface area contributed by atoms with Crippen molar-refractivity contribution >= 4 is 5.91 Å². The number of ether oxygens (including phenoxy) is 1. The van der Waals surface area contributed by atoms with Crippen LogP contribution in [-0.2, 0) is 0 Å². The summed E-state index contributed by atoms with van der Waals surface area (Å²) in [6, 6.07) is 1.54. The zero-order valence-corrected chi connectivity index (χ0v) is 20.1. The maximum absolute atomic E-state index is 13.5. The summed E-state index contributed by atoms with van der Waals surface area (Å²) < 4.78 is 6.34. The monoisotopic (exact) mass is 441 g/mol. The second-order valence-corrected chi connectivity index (χ2v) is 9.57. The van der Waals surface area contributed by atoms with Gasteiger partial charge in [0.15, 0.2) is 0 Å². The second-order valence-electron chi connectivity index (χ2n) is 9.57. The normalized spacial score (nSPS) is 22.9. The number of likely N-dealkylation sites (N-methyl/N-ethyl adjacent to an activating group) is 1. The lowest BCUT2D eigenvalue weighted by molar-refractivity contribution is 0.0331. The second kappa shape index (κ2) is 11.7. The molecule has 1 N–H and O–H groups in total. The van der Waals surface area contributed by atoms with Crippen molar-refractivity contribution in [2.75, 3.05) is 33.3 Å². The molecule has 0 spiro atoms. The van der Waals surface area contributed by atoms with E-state index < -0.39 is 0 Å². The van der Waals surface area contributed by atoms with Crippen molar-refractivity contribution in [1.82, 2.24) is 14.8 Å². The summed E-state index contributed by atoms with van der Waals surface area (Å²) in [5.74, 6) is 7.40. The first-order valence-electron chi connectivity index (χ1n) is 12.2. The number of amides is 1. The van der Waals surface area contributed by atoms with E-state index in [0.717, 1.165) is 37.9 Å². The largest absolute Gasteiger partial charge is 0.472 e. The minimum Gasteiger partial charge on any atom is -0.472 e. The molecule has 1 aliphatic heterocycles. The molecule has 1 aromatic rings. The summed E-state index contributed by atoms with van der Waals surface area (Å²) in [6.45, 7) is 8.34. The number of hydrogen-bond donors (Lipinski definition) is 1. The highest BCUT2D eigenvalue weighted by Crippen LogP contribution is 2.28. The summed E-state index contributed by atoms with van der Waals surface area (Å²) in [5.41, 5.74) is 1.19. The predicted octanol–water partition coefficient (Wildman–Crippen LogP) is 3.58. The van der Waals surface area contributed by atoms with Crippen LogP contribution in [0.25, 0.3) is 0 Å². The summed E-state index contributed by atoms with van der Waals surface area (Å²) in [4.78, 5) is 22.0. The number of hydrogen-bond acceptors (Lipinski definition) is 5. The van der Waals surface area contributed by atoms with Gasteiger partial charge in [0.2, 0.25) is 5.88 Å². The molecule has 1 fully saturated rings. The lowest BCUT2D eigenvalue weighted by Gasteiger charge is -2.37. The molecule has 0 radical (unpaired) electrons. The minimum absolute atomic E-state index is 0.0797. The molecule has 3 atom stereocenters. The quantitative estimate of drug-likeness (QED) is 0.684. The van der Waals surface area contributed by atoms with Gasteiger partial charge in [0.25, 0.3) is 5.91 Å². The molecule has 176 valence electrons. The van der Waals surface area contributed by atoms with E-state index >= 15 is 0 Å². The lowest BCUT2D eigenvalue weighted by atomic mass is 9.90. The van der Waals surface area contributed by atoms with Crippen molar-refractivity contribution in [3.8, 4) is 17.7 Å². The summed E-state index contributed by atoms with van der Waals surface area (Å²) >= 11 is 0. The SMILES string of the molecule is CCCN(C)C[C@@H]1Oc2ncc(C#CC3CCCCC3)cc2C(=O)N([C@@H](C)CO)C[C@H]1C. The third-order valence-electron chi connectivity index (χ3n) is 6.64. The topological polar surface area (TPSA) is 65.9 Å². The fraction of sp³-hybridized carbons (Fsp3) is 0.692. The van der Waals surface area contributed by atoms with E-state index in [9.17, 15) is 9.90 Å². The molecule has 2 aliphatic rings. The number of pyridine rings is 1. The van der Waals surface area contributed by atoms with Crippen LogP contribution in [0.5, 0.6) is 5.88 Å². The fourth-order valence-electron chi connectivity index (χ4n) is 4.60. The van der Waals surface area contributed by atoms with Crippen molar-refractivity contribution in [3.05, 3.63) is 23.4 Å². The zero-order valence-electron chi connectivity index (χ0n) is 20.1. The zero-order chi connectivity index (χ0) is 23.1. The van der Waals surface area contributed by atoms with Crippen LogP contribution in [0.3, 0.4) is 0 Å². The number of fused-ring (bicyclic) bond motifs is 1. The molecule has 0 bridgehead atoms. The molecule has 6 heteroatoms. The van der Waals surface area contributed by atoms with Crippen LogP contribution >= 0.6 is 0 Å². The Morgan fingerprint density at radius 3 is 2.78 bits per heavy atom. The summed E-state index contributed by atoms with van der Waals surface area (Å²) in [7, 11) is 2.09. The Kier molecular flexibility index (Phi) is 8.95. The van der Waals surface area contributed by atoms with Crippen LogP contribution in [0.4, 0.5) is 0 Å². The summed E-state index contributed by atoms with van der Waals surface area (Å²) in [6.07, 6.45) is 8.79. The van der Waals surface area contributed by atoms with Gasteiger partial charge in [0, 0.05) is 36.7 Å². The highest BCUT2D eigenvalue weighted by atomic mass is 16.5. The van der Waals surface area contributed by atoms with Gasteiger partial charge in [-0.05, 0) is 45.8 Å². The van der Waals surface area contributed by atoms with Gasteiger partial charge in [-0.15, -0.1) is 0 Å². The van der Waals surface area contributed by atoms with Gasteiger partial charge in [-0.25, -0.2) is 4.98 Å². The highest BCUT2D eigenvalue weighted by Gasteiger charge is 2.34. The number of aromatic nitrogens is 1. The molecular formula is C26H39N3O3. The van der Waals surface area contributed by atoms with Crippen molar-refractivity contribution < 1.29 is 14.6 Å². The fourth-order valence-corrected chi connectivity index (χ4v) is 4.60. The van der Waals surface area contributed by atoms with Crippen molar-refractivity contribution in [2.24, 2.45) is 11.8 Å².